The fourth-order valence-electron chi connectivity index (χ4n) is 2.48. The van der Waals surface area contributed by atoms with Crippen LogP contribution in [-0.4, -0.2) is 21.6 Å². The van der Waals surface area contributed by atoms with E-state index in [1.54, 1.807) is 23.9 Å². The van der Waals surface area contributed by atoms with Gasteiger partial charge in [-0.25, -0.2) is 0 Å². The van der Waals surface area contributed by atoms with Crippen molar-refractivity contribution < 1.29 is 9.59 Å². The van der Waals surface area contributed by atoms with E-state index in [0.717, 1.165) is 16.9 Å². The van der Waals surface area contributed by atoms with Crippen molar-refractivity contribution in [2.24, 2.45) is 7.05 Å². The van der Waals surface area contributed by atoms with Crippen LogP contribution in [0.5, 0.6) is 0 Å². The Morgan fingerprint density at radius 3 is 2.86 bits per heavy atom. The number of rotatable bonds is 2. The molecule has 0 saturated heterocycles. The SMILES string of the molecule is Cc1cc(C(=O)Nc2ccc3c(c2)CCC(=O)N3)n(C)n1. The molecule has 1 aromatic carbocycles. The molecule has 0 aliphatic carbocycles. The average molecular weight is 284 g/mol. The van der Waals surface area contributed by atoms with Crippen LogP contribution in [-0.2, 0) is 18.3 Å². The van der Waals surface area contributed by atoms with E-state index in [-0.39, 0.29) is 11.8 Å². The Morgan fingerprint density at radius 1 is 1.33 bits per heavy atom. The molecular formula is C15H16N4O2. The van der Waals surface area contributed by atoms with Crippen molar-refractivity contribution in [1.82, 2.24) is 9.78 Å². The zero-order valence-electron chi connectivity index (χ0n) is 11.9. The topological polar surface area (TPSA) is 76.0 Å². The summed E-state index contributed by atoms with van der Waals surface area (Å²) in [6.07, 6.45) is 1.17. The van der Waals surface area contributed by atoms with Gasteiger partial charge >= 0.3 is 0 Å². The first-order chi connectivity index (χ1) is 10.0. The van der Waals surface area contributed by atoms with Crippen LogP contribution in [0.3, 0.4) is 0 Å². The molecule has 108 valence electrons. The molecule has 1 aliphatic rings. The number of amides is 2. The summed E-state index contributed by atoms with van der Waals surface area (Å²) in [5.74, 6) is -0.164. The molecule has 21 heavy (non-hydrogen) atoms. The van der Waals surface area contributed by atoms with Crippen molar-refractivity contribution in [3.8, 4) is 0 Å². The molecule has 2 N–H and O–H groups in total. The monoisotopic (exact) mass is 284 g/mol. The molecule has 0 bridgehead atoms. The molecule has 2 aromatic rings. The summed E-state index contributed by atoms with van der Waals surface area (Å²) in [7, 11) is 1.74. The van der Waals surface area contributed by atoms with Crippen LogP contribution in [0.4, 0.5) is 11.4 Å². The van der Waals surface area contributed by atoms with E-state index in [4.69, 9.17) is 0 Å². The highest BCUT2D eigenvalue weighted by molar-refractivity contribution is 6.03. The highest BCUT2D eigenvalue weighted by Gasteiger charge is 2.16. The van der Waals surface area contributed by atoms with Crippen molar-refractivity contribution in [3.05, 3.63) is 41.2 Å². The molecule has 0 fully saturated rings. The fourth-order valence-corrected chi connectivity index (χ4v) is 2.48. The number of carbonyl (C=O) groups excluding carboxylic acids is 2. The third-order valence-electron chi connectivity index (χ3n) is 3.49. The molecule has 3 rings (SSSR count). The Hall–Kier alpha value is -2.63. The van der Waals surface area contributed by atoms with Gasteiger partial charge in [-0.1, -0.05) is 0 Å². The van der Waals surface area contributed by atoms with Crippen molar-refractivity contribution >= 4 is 23.2 Å². The largest absolute Gasteiger partial charge is 0.326 e. The molecule has 2 amide bonds. The Kier molecular flexibility index (Phi) is 3.21. The number of benzene rings is 1. The van der Waals surface area contributed by atoms with Gasteiger partial charge in [-0.15, -0.1) is 0 Å². The first kappa shape index (κ1) is 13.4. The van der Waals surface area contributed by atoms with E-state index in [1.807, 2.05) is 19.1 Å². The van der Waals surface area contributed by atoms with Gasteiger partial charge in [0.2, 0.25) is 5.91 Å². The number of nitrogens with zero attached hydrogens (tertiary/aromatic N) is 2. The van der Waals surface area contributed by atoms with E-state index in [0.29, 0.717) is 24.2 Å². The summed E-state index contributed by atoms with van der Waals surface area (Å²) >= 11 is 0. The number of nitrogens with one attached hydrogen (secondary N) is 2. The number of hydrogen-bond donors (Lipinski definition) is 2. The summed E-state index contributed by atoms with van der Waals surface area (Å²) in [5.41, 5.74) is 3.89. The third-order valence-corrected chi connectivity index (χ3v) is 3.49. The Labute approximate surface area is 122 Å². The minimum absolute atomic E-state index is 0.0321. The molecule has 6 nitrogen and oxygen atoms in total. The van der Waals surface area contributed by atoms with Crippen molar-refractivity contribution in [2.75, 3.05) is 10.6 Å². The second-order valence-electron chi connectivity index (χ2n) is 5.17. The van der Waals surface area contributed by atoms with Gasteiger partial charge in [0.15, 0.2) is 0 Å². The van der Waals surface area contributed by atoms with Crippen LogP contribution < -0.4 is 10.6 Å². The Balaban J connectivity index is 1.81. The lowest BCUT2D eigenvalue weighted by molar-refractivity contribution is -0.116. The second-order valence-corrected chi connectivity index (χ2v) is 5.17. The van der Waals surface area contributed by atoms with Gasteiger partial charge in [0.25, 0.3) is 5.91 Å². The van der Waals surface area contributed by atoms with Crippen LogP contribution in [0.15, 0.2) is 24.3 Å². The van der Waals surface area contributed by atoms with Gasteiger partial charge < -0.3 is 10.6 Å². The maximum atomic E-state index is 12.2. The zero-order valence-corrected chi connectivity index (χ0v) is 11.9. The Bertz CT molecular complexity index is 733. The van der Waals surface area contributed by atoms with Gasteiger partial charge in [0.05, 0.1) is 5.69 Å². The van der Waals surface area contributed by atoms with E-state index in [2.05, 4.69) is 15.7 Å². The first-order valence-electron chi connectivity index (χ1n) is 6.78. The van der Waals surface area contributed by atoms with Crippen LogP contribution in [0, 0.1) is 6.92 Å². The summed E-state index contributed by atoms with van der Waals surface area (Å²) in [6, 6.07) is 7.24. The highest BCUT2D eigenvalue weighted by Crippen LogP contribution is 2.25. The quantitative estimate of drug-likeness (QED) is 0.884. The number of fused-ring (bicyclic) bond motifs is 1. The summed E-state index contributed by atoms with van der Waals surface area (Å²) in [6.45, 7) is 1.85. The third kappa shape index (κ3) is 2.65. The fraction of sp³-hybridized carbons (Fsp3) is 0.267. The molecule has 0 unspecified atom stereocenters. The summed E-state index contributed by atoms with van der Waals surface area (Å²) in [5, 5.41) is 9.84. The predicted molar refractivity (Wildman–Crippen MR) is 79.3 cm³/mol. The summed E-state index contributed by atoms with van der Waals surface area (Å²) < 4.78 is 1.56. The maximum Gasteiger partial charge on any atom is 0.273 e. The number of anilines is 2. The van der Waals surface area contributed by atoms with Gasteiger partial charge in [-0.2, -0.15) is 5.10 Å². The van der Waals surface area contributed by atoms with Gasteiger partial charge in [-0.05, 0) is 43.2 Å². The maximum absolute atomic E-state index is 12.2. The molecule has 2 heterocycles. The molecule has 1 aromatic heterocycles. The number of carbonyl (C=O) groups is 2. The number of hydrogen-bond acceptors (Lipinski definition) is 3. The number of aromatic nitrogens is 2. The lowest BCUT2D eigenvalue weighted by Crippen LogP contribution is -2.20. The van der Waals surface area contributed by atoms with Crippen LogP contribution in [0.2, 0.25) is 0 Å². The van der Waals surface area contributed by atoms with Crippen molar-refractivity contribution in [3.63, 3.8) is 0 Å². The molecule has 0 atom stereocenters. The highest BCUT2D eigenvalue weighted by atomic mass is 16.2. The average Bonchev–Trinajstić information content (AvgIpc) is 2.78. The smallest absolute Gasteiger partial charge is 0.273 e. The van der Waals surface area contributed by atoms with Crippen molar-refractivity contribution in [1.29, 1.82) is 0 Å². The molecular weight excluding hydrogens is 268 g/mol. The van der Waals surface area contributed by atoms with Gasteiger partial charge in [0.1, 0.15) is 5.69 Å². The van der Waals surface area contributed by atoms with E-state index < -0.39 is 0 Å². The van der Waals surface area contributed by atoms with Crippen LogP contribution in [0.25, 0.3) is 0 Å². The molecule has 0 spiro atoms. The second kappa shape index (κ2) is 5.05. The van der Waals surface area contributed by atoms with E-state index in [1.165, 1.54) is 0 Å². The summed E-state index contributed by atoms with van der Waals surface area (Å²) in [4.78, 5) is 23.5. The first-order valence-corrected chi connectivity index (χ1v) is 6.78. The Morgan fingerprint density at radius 2 is 2.14 bits per heavy atom. The predicted octanol–water partition coefficient (Wildman–Crippen LogP) is 1.87. The van der Waals surface area contributed by atoms with Gasteiger partial charge in [-0.3, -0.25) is 14.3 Å². The lowest BCUT2D eigenvalue weighted by atomic mass is 10.0. The van der Waals surface area contributed by atoms with E-state index in [9.17, 15) is 9.59 Å². The van der Waals surface area contributed by atoms with Crippen molar-refractivity contribution in [2.45, 2.75) is 19.8 Å². The molecule has 1 aliphatic heterocycles. The van der Waals surface area contributed by atoms with E-state index >= 15 is 0 Å². The van der Waals surface area contributed by atoms with Crippen LogP contribution in [0.1, 0.15) is 28.2 Å². The zero-order chi connectivity index (χ0) is 15.0. The standard InChI is InChI=1S/C15H16N4O2/c1-9-7-13(19(2)18-9)15(21)16-11-4-5-12-10(8-11)3-6-14(20)17-12/h4-5,7-8H,3,6H2,1-2H3,(H,16,21)(H,17,20). The number of aryl methyl sites for hydroxylation is 3. The minimum atomic E-state index is -0.196. The lowest BCUT2D eigenvalue weighted by Gasteiger charge is -2.17. The molecule has 6 heteroatoms. The molecule has 0 saturated carbocycles. The minimum Gasteiger partial charge on any atom is -0.326 e. The molecule has 0 radical (unpaired) electrons. The van der Waals surface area contributed by atoms with Gasteiger partial charge in [0, 0.05) is 24.8 Å². The normalized spacial score (nSPS) is 13.5. The van der Waals surface area contributed by atoms with Crippen LogP contribution >= 0.6 is 0 Å².